The molecule has 0 radical (unpaired) electrons. The number of fused-ring (bicyclic) bond motifs is 1. The van der Waals surface area contributed by atoms with Crippen LogP contribution in [0.1, 0.15) is 34.8 Å². The molecule has 2 aromatic carbocycles. The highest BCUT2D eigenvalue weighted by Gasteiger charge is 2.27. The Morgan fingerprint density at radius 3 is 2.41 bits per heavy atom. The summed E-state index contributed by atoms with van der Waals surface area (Å²) in [5.41, 5.74) is 3.74. The smallest absolute Gasteiger partial charge is 0.253 e. The predicted octanol–water partition coefficient (Wildman–Crippen LogP) is 2.06. The van der Waals surface area contributed by atoms with E-state index in [1.54, 1.807) is 0 Å². The third-order valence-electron chi connectivity index (χ3n) is 6.18. The van der Waals surface area contributed by atoms with Crippen LogP contribution in [-0.4, -0.2) is 66.8 Å². The standard InChI is InChI=1S/C25H30N4O3/c1-2-24(31)29-11-10-20-16-21(8-9-22(20)29)25(32)28-14-12-27(13-15-28)18-23(30)26-17-19-6-4-3-5-7-19/h3-9,16H,2,10-15,17-18H2,1H3,(H,26,30). The Morgan fingerprint density at radius 2 is 1.69 bits per heavy atom. The van der Waals surface area contributed by atoms with Crippen molar-refractivity contribution in [1.82, 2.24) is 15.1 Å². The number of rotatable bonds is 6. The zero-order valence-electron chi connectivity index (χ0n) is 18.5. The van der Waals surface area contributed by atoms with Gasteiger partial charge in [-0.15, -0.1) is 0 Å². The molecule has 2 aliphatic rings. The lowest BCUT2D eigenvalue weighted by Gasteiger charge is -2.34. The lowest BCUT2D eigenvalue weighted by atomic mass is 10.1. The molecule has 7 heteroatoms. The second-order valence-corrected chi connectivity index (χ2v) is 8.32. The van der Waals surface area contributed by atoms with Crippen molar-refractivity contribution in [1.29, 1.82) is 0 Å². The molecular weight excluding hydrogens is 404 g/mol. The summed E-state index contributed by atoms with van der Waals surface area (Å²) in [6.07, 6.45) is 1.27. The molecule has 168 valence electrons. The van der Waals surface area contributed by atoms with Crippen LogP contribution in [0.2, 0.25) is 0 Å². The molecule has 1 fully saturated rings. The first-order valence-electron chi connectivity index (χ1n) is 11.3. The first kappa shape index (κ1) is 22.0. The summed E-state index contributed by atoms with van der Waals surface area (Å²) in [4.78, 5) is 43.1. The van der Waals surface area contributed by atoms with Gasteiger partial charge in [0.15, 0.2) is 0 Å². The van der Waals surface area contributed by atoms with Crippen LogP contribution in [0, 0.1) is 0 Å². The lowest BCUT2D eigenvalue weighted by Crippen LogP contribution is -2.51. The highest BCUT2D eigenvalue weighted by atomic mass is 16.2. The number of nitrogens with zero attached hydrogens (tertiary/aromatic N) is 3. The molecule has 0 atom stereocenters. The van der Waals surface area contributed by atoms with Crippen LogP contribution in [0.25, 0.3) is 0 Å². The van der Waals surface area contributed by atoms with Gasteiger partial charge in [0.25, 0.3) is 5.91 Å². The van der Waals surface area contributed by atoms with E-state index in [2.05, 4.69) is 10.2 Å². The molecule has 32 heavy (non-hydrogen) atoms. The van der Waals surface area contributed by atoms with Crippen LogP contribution in [0.3, 0.4) is 0 Å². The first-order valence-corrected chi connectivity index (χ1v) is 11.3. The normalized spacial score (nSPS) is 16.0. The van der Waals surface area contributed by atoms with E-state index in [0.717, 1.165) is 23.2 Å². The van der Waals surface area contributed by atoms with Gasteiger partial charge >= 0.3 is 0 Å². The molecule has 0 aromatic heterocycles. The van der Waals surface area contributed by atoms with E-state index < -0.39 is 0 Å². The van der Waals surface area contributed by atoms with E-state index in [0.29, 0.717) is 57.8 Å². The summed E-state index contributed by atoms with van der Waals surface area (Å²) in [7, 11) is 0. The number of hydrogen-bond donors (Lipinski definition) is 1. The van der Waals surface area contributed by atoms with Gasteiger partial charge in [-0.25, -0.2) is 0 Å². The zero-order valence-corrected chi connectivity index (χ0v) is 18.5. The molecule has 1 N–H and O–H groups in total. The minimum Gasteiger partial charge on any atom is -0.351 e. The van der Waals surface area contributed by atoms with Crippen molar-refractivity contribution in [3.8, 4) is 0 Å². The largest absolute Gasteiger partial charge is 0.351 e. The van der Waals surface area contributed by atoms with Crippen molar-refractivity contribution in [2.45, 2.75) is 26.3 Å². The number of piperazine rings is 1. The monoisotopic (exact) mass is 434 g/mol. The molecule has 0 saturated carbocycles. The SMILES string of the molecule is CCC(=O)N1CCc2cc(C(=O)N3CCN(CC(=O)NCc4ccccc4)CC3)ccc21. The zero-order chi connectivity index (χ0) is 22.5. The molecule has 0 unspecified atom stereocenters. The second kappa shape index (κ2) is 9.96. The van der Waals surface area contributed by atoms with Crippen LogP contribution in [-0.2, 0) is 22.6 Å². The number of benzene rings is 2. The molecule has 0 aliphatic carbocycles. The summed E-state index contributed by atoms with van der Waals surface area (Å²) in [5, 5.41) is 2.96. The van der Waals surface area contributed by atoms with Crippen molar-refractivity contribution >= 4 is 23.4 Å². The van der Waals surface area contributed by atoms with Gasteiger partial charge in [-0.05, 0) is 35.7 Å². The van der Waals surface area contributed by atoms with Gasteiger partial charge in [0, 0.05) is 56.9 Å². The van der Waals surface area contributed by atoms with Gasteiger partial charge in [0.05, 0.1) is 6.54 Å². The van der Waals surface area contributed by atoms with Crippen molar-refractivity contribution in [3.05, 3.63) is 65.2 Å². The Bertz CT molecular complexity index is 984. The Morgan fingerprint density at radius 1 is 0.938 bits per heavy atom. The van der Waals surface area contributed by atoms with Crippen LogP contribution in [0.15, 0.2) is 48.5 Å². The molecule has 1 saturated heterocycles. The maximum absolute atomic E-state index is 13.0. The number of amides is 3. The highest BCUT2D eigenvalue weighted by molar-refractivity contribution is 5.98. The predicted molar refractivity (Wildman–Crippen MR) is 123 cm³/mol. The topological polar surface area (TPSA) is 73.0 Å². The Kier molecular flexibility index (Phi) is 6.85. The van der Waals surface area contributed by atoms with Gasteiger partial charge in [-0.3, -0.25) is 19.3 Å². The van der Waals surface area contributed by atoms with E-state index in [-0.39, 0.29) is 17.7 Å². The quantitative estimate of drug-likeness (QED) is 0.756. The minimum atomic E-state index is -0.00145. The van der Waals surface area contributed by atoms with Gasteiger partial charge in [0.1, 0.15) is 0 Å². The van der Waals surface area contributed by atoms with Crippen molar-refractivity contribution in [2.75, 3.05) is 44.2 Å². The molecule has 4 rings (SSSR count). The van der Waals surface area contributed by atoms with Crippen molar-refractivity contribution in [2.24, 2.45) is 0 Å². The number of carbonyl (C=O) groups excluding carboxylic acids is 3. The van der Waals surface area contributed by atoms with E-state index in [4.69, 9.17) is 0 Å². The summed E-state index contributed by atoms with van der Waals surface area (Å²) >= 11 is 0. The van der Waals surface area contributed by atoms with E-state index >= 15 is 0 Å². The van der Waals surface area contributed by atoms with E-state index in [1.165, 1.54) is 0 Å². The summed E-state index contributed by atoms with van der Waals surface area (Å²) in [5.74, 6) is 0.131. The molecule has 2 heterocycles. The average Bonchev–Trinajstić information content (AvgIpc) is 3.26. The van der Waals surface area contributed by atoms with E-state index in [9.17, 15) is 14.4 Å². The average molecular weight is 435 g/mol. The number of carbonyl (C=O) groups is 3. The maximum Gasteiger partial charge on any atom is 0.253 e. The Labute approximate surface area is 189 Å². The first-order chi connectivity index (χ1) is 15.5. The Hall–Kier alpha value is -3.19. The number of anilines is 1. The lowest BCUT2D eigenvalue weighted by molar-refractivity contribution is -0.122. The highest BCUT2D eigenvalue weighted by Crippen LogP contribution is 2.29. The number of hydrogen-bond acceptors (Lipinski definition) is 4. The second-order valence-electron chi connectivity index (χ2n) is 8.32. The summed E-state index contributed by atoms with van der Waals surface area (Å²) in [6, 6.07) is 15.5. The van der Waals surface area contributed by atoms with Crippen LogP contribution < -0.4 is 10.2 Å². The maximum atomic E-state index is 13.0. The van der Waals surface area contributed by atoms with Gasteiger partial charge < -0.3 is 15.1 Å². The van der Waals surface area contributed by atoms with Gasteiger partial charge in [0.2, 0.25) is 11.8 Å². The van der Waals surface area contributed by atoms with Crippen LogP contribution in [0.5, 0.6) is 0 Å². The van der Waals surface area contributed by atoms with Crippen molar-refractivity contribution < 1.29 is 14.4 Å². The van der Waals surface area contributed by atoms with Crippen molar-refractivity contribution in [3.63, 3.8) is 0 Å². The molecule has 2 aliphatic heterocycles. The fourth-order valence-electron chi connectivity index (χ4n) is 4.33. The molecule has 0 spiro atoms. The van der Waals surface area contributed by atoms with Crippen LogP contribution >= 0.6 is 0 Å². The molecule has 3 amide bonds. The molecule has 0 bridgehead atoms. The third kappa shape index (κ3) is 4.99. The molecular formula is C25H30N4O3. The summed E-state index contributed by atoms with van der Waals surface area (Å²) < 4.78 is 0. The van der Waals surface area contributed by atoms with Gasteiger partial charge in [-0.1, -0.05) is 37.3 Å². The minimum absolute atomic E-state index is 0.00145. The van der Waals surface area contributed by atoms with Crippen LogP contribution in [0.4, 0.5) is 5.69 Å². The third-order valence-corrected chi connectivity index (χ3v) is 6.18. The Balaban J connectivity index is 1.27. The fourth-order valence-corrected chi connectivity index (χ4v) is 4.33. The summed E-state index contributed by atoms with van der Waals surface area (Å²) in [6.45, 7) is 5.97. The fraction of sp³-hybridized carbons (Fsp3) is 0.400. The molecule has 2 aromatic rings. The van der Waals surface area contributed by atoms with E-state index in [1.807, 2.05) is 65.3 Å². The number of nitrogens with one attached hydrogen (secondary N) is 1. The molecule has 7 nitrogen and oxygen atoms in total. The van der Waals surface area contributed by atoms with Gasteiger partial charge in [-0.2, -0.15) is 0 Å².